The number of ether oxygens (including phenoxy) is 1. The number of tetrazole rings is 1. The van der Waals surface area contributed by atoms with E-state index in [9.17, 15) is 4.79 Å². The van der Waals surface area contributed by atoms with Crippen LogP contribution in [0.3, 0.4) is 0 Å². The van der Waals surface area contributed by atoms with Crippen molar-refractivity contribution in [2.24, 2.45) is 7.05 Å². The highest BCUT2D eigenvalue weighted by molar-refractivity contribution is 5.40. The first-order valence-electron chi connectivity index (χ1n) is 8.45. The summed E-state index contributed by atoms with van der Waals surface area (Å²) in [6.45, 7) is 2.20. The molecule has 2 aromatic carbocycles. The van der Waals surface area contributed by atoms with Crippen LogP contribution in [0.1, 0.15) is 11.1 Å². The van der Waals surface area contributed by atoms with Crippen molar-refractivity contribution in [1.29, 1.82) is 0 Å². The van der Waals surface area contributed by atoms with Crippen molar-refractivity contribution < 1.29 is 4.74 Å². The van der Waals surface area contributed by atoms with Crippen molar-refractivity contribution in [3.8, 4) is 17.3 Å². The first kappa shape index (κ1) is 16.8. The van der Waals surface area contributed by atoms with Crippen LogP contribution in [0.4, 0.5) is 0 Å². The van der Waals surface area contributed by atoms with Gasteiger partial charge in [0, 0.05) is 24.4 Å². The lowest BCUT2D eigenvalue weighted by Gasteiger charge is -2.09. The fraction of sp³-hybridized carbons (Fsp3) is 0.158. The van der Waals surface area contributed by atoms with Gasteiger partial charge in [-0.15, -0.1) is 5.10 Å². The fourth-order valence-corrected chi connectivity index (χ4v) is 2.75. The lowest BCUT2D eigenvalue weighted by atomic mass is 10.2. The predicted molar refractivity (Wildman–Crippen MR) is 99.2 cm³/mol. The van der Waals surface area contributed by atoms with Crippen LogP contribution in [0, 0.1) is 6.92 Å². The summed E-state index contributed by atoms with van der Waals surface area (Å²) in [5, 5.41) is 12.2. The maximum atomic E-state index is 12.2. The third-order valence-electron chi connectivity index (χ3n) is 4.18. The number of nitrogens with zero attached hydrogens (tertiary/aromatic N) is 6. The fourth-order valence-electron chi connectivity index (χ4n) is 2.75. The largest absolute Gasteiger partial charge is 0.471 e. The molecule has 27 heavy (non-hydrogen) atoms. The molecule has 0 spiro atoms. The number of hydrogen-bond donors (Lipinski definition) is 0. The Bertz CT molecular complexity index is 1130. The van der Waals surface area contributed by atoms with Gasteiger partial charge in [0.25, 0.3) is 0 Å². The zero-order chi connectivity index (χ0) is 18.8. The van der Waals surface area contributed by atoms with Gasteiger partial charge in [0.15, 0.2) is 0 Å². The van der Waals surface area contributed by atoms with Gasteiger partial charge in [0.05, 0.1) is 11.4 Å². The van der Waals surface area contributed by atoms with E-state index in [0.717, 1.165) is 16.8 Å². The summed E-state index contributed by atoms with van der Waals surface area (Å²) in [7, 11) is 1.56. The Morgan fingerprint density at radius 3 is 2.48 bits per heavy atom. The molecular formula is C19H18N6O2. The summed E-state index contributed by atoms with van der Waals surface area (Å²) in [6.07, 6.45) is 1.92. The van der Waals surface area contributed by atoms with Gasteiger partial charge in [-0.3, -0.25) is 0 Å². The Morgan fingerprint density at radius 2 is 1.74 bits per heavy atom. The molecule has 4 rings (SSSR count). The van der Waals surface area contributed by atoms with Crippen molar-refractivity contribution in [3.63, 3.8) is 0 Å². The second-order valence-corrected chi connectivity index (χ2v) is 6.11. The molecule has 0 bridgehead atoms. The van der Waals surface area contributed by atoms with Crippen molar-refractivity contribution in [3.05, 3.63) is 82.4 Å². The van der Waals surface area contributed by atoms with Gasteiger partial charge in [-0.1, -0.05) is 36.4 Å². The summed E-state index contributed by atoms with van der Waals surface area (Å²) < 4.78 is 10.2. The van der Waals surface area contributed by atoms with Crippen LogP contribution >= 0.6 is 0 Å². The van der Waals surface area contributed by atoms with E-state index in [0.29, 0.717) is 11.6 Å². The summed E-state index contributed by atoms with van der Waals surface area (Å²) in [5.74, 6) is 0.542. The second-order valence-electron chi connectivity index (χ2n) is 6.11. The Hall–Kier alpha value is -3.68. The summed E-state index contributed by atoms with van der Waals surface area (Å²) in [4.78, 5) is 12.2. The van der Waals surface area contributed by atoms with E-state index >= 15 is 0 Å². The minimum Gasteiger partial charge on any atom is -0.471 e. The van der Waals surface area contributed by atoms with Crippen molar-refractivity contribution in [1.82, 2.24) is 29.6 Å². The normalized spacial score (nSPS) is 10.9. The lowest BCUT2D eigenvalue weighted by Crippen LogP contribution is -2.23. The van der Waals surface area contributed by atoms with Gasteiger partial charge < -0.3 is 4.74 Å². The average Bonchev–Trinajstić information content (AvgIpc) is 3.23. The molecule has 0 fully saturated rings. The van der Waals surface area contributed by atoms with E-state index in [2.05, 4.69) is 15.5 Å². The van der Waals surface area contributed by atoms with Gasteiger partial charge in [-0.05, 0) is 35.5 Å². The monoisotopic (exact) mass is 362 g/mol. The molecule has 0 unspecified atom stereocenters. The molecule has 0 atom stereocenters. The average molecular weight is 362 g/mol. The molecule has 0 N–H and O–H groups in total. The van der Waals surface area contributed by atoms with Crippen LogP contribution in [0.2, 0.25) is 0 Å². The third-order valence-corrected chi connectivity index (χ3v) is 4.18. The Kier molecular flexibility index (Phi) is 4.29. The predicted octanol–water partition coefficient (Wildman–Crippen LogP) is 2.04. The van der Waals surface area contributed by atoms with E-state index in [1.165, 1.54) is 9.36 Å². The van der Waals surface area contributed by atoms with E-state index in [4.69, 9.17) is 4.74 Å². The first-order valence-corrected chi connectivity index (χ1v) is 8.45. The topological polar surface area (TPSA) is 79.8 Å². The Morgan fingerprint density at radius 1 is 1.00 bits per heavy atom. The van der Waals surface area contributed by atoms with Crippen molar-refractivity contribution in [2.75, 3.05) is 0 Å². The summed E-state index contributed by atoms with van der Waals surface area (Å²) >= 11 is 0. The molecule has 8 heteroatoms. The molecule has 0 saturated heterocycles. The number of aromatic nitrogens is 6. The molecular weight excluding hydrogens is 344 g/mol. The molecule has 2 aromatic heterocycles. The standard InChI is InChI=1S/C19H18N6O2/c1-14-12-24(16-9-4-3-5-10-16)20-18(14)27-13-15-8-6-7-11-17(15)25-19(26)23(2)21-22-25/h3-12H,13H2,1-2H3. The number of para-hydroxylation sites is 2. The maximum Gasteiger partial charge on any atom is 0.368 e. The molecule has 2 heterocycles. The quantitative estimate of drug-likeness (QED) is 0.543. The highest BCUT2D eigenvalue weighted by Gasteiger charge is 2.13. The number of aryl methyl sites for hydroxylation is 2. The first-order chi connectivity index (χ1) is 13.1. The highest BCUT2D eigenvalue weighted by atomic mass is 16.5. The van der Waals surface area contributed by atoms with E-state index < -0.39 is 0 Å². The Labute approximate surface area is 155 Å². The highest BCUT2D eigenvalue weighted by Crippen LogP contribution is 2.20. The van der Waals surface area contributed by atoms with Crippen LogP contribution in [-0.4, -0.2) is 29.6 Å². The number of hydrogen-bond acceptors (Lipinski definition) is 5. The third kappa shape index (κ3) is 3.24. The SMILES string of the molecule is Cc1cn(-c2ccccc2)nc1OCc1ccccc1-n1nnn(C)c1=O. The maximum absolute atomic E-state index is 12.2. The molecule has 136 valence electrons. The molecule has 0 radical (unpaired) electrons. The van der Waals surface area contributed by atoms with Crippen LogP contribution in [0.5, 0.6) is 5.88 Å². The van der Waals surface area contributed by atoms with Crippen LogP contribution < -0.4 is 10.4 Å². The molecule has 0 aliphatic rings. The van der Waals surface area contributed by atoms with Gasteiger partial charge in [0.1, 0.15) is 6.61 Å². The zero-order valence-corrected chi connectivity index (χ0v) is 15.0. The second kappa shape index (κ2) is 6.91. The summed E-state index contributed by atoms with van der Waals surface area (Å²) in [5.41, 5.74) is 3.02. The van der Waals surface area contributed by atoms with E-state index in [-0.39, 0.29) is 12.3 Å². The van der Waals surface area contributed by atoms with Crippen LogP contribution in [0.15, 0.2) is 65.6 Å². The molecule has 0 aliphatic heterocycles. The lowest BCUT2D eigenvalue weighted by molar-refractivity contribution is 0.289. The van der Waals surface area contributed by atoms with Gasteiger partial charge in [-0.25, -0.2) is 9.48 Å². The minimum absolute atomic E-state index is 0.256. The van der Waals surface area contributed by atoms with Crippen molar-refractivity contribution >= 4 is 0 Å². The number of benzene rings is 2. The Balaban J connectivity index is 1.59. The van der Waals surface area contributed by atoms with Gasteiger partial charge in [-0.2, -0.15) is 9.36 Å². The van der Waals surface area contributed by atoms with E-state index in [1.807, 2.05) is 67.7 Å². The van der Waals surface area contributed by atoms with E-state index in [1.54, 1.807) is 11.7 Å². The van der Waals surface area contributed by atoms with Gasteiger partial charge >= 0.3 is 5.69 Å². The molecule has 0 saturated carbocycles. The zero-order valence-electron chi connectivity index (χ0n) is 15.0. The minimum atomic E-state index is -0.313. The van der Waals surface area contributed by atoms with Gasteiger partial charge in [0.2, 0.25) is 5.88 Å². The smallest absolute Gasteiger partial charge is 0.368 e. The van der Waals surface area contributed by atoms with Crippen LogP contribution in [-0.2, 0) is 13.7 Å². The summed E-state index contributed by atoms with van der Waals surface area (Å²) in [6, 6.07) is 17.3. The molecule has 0 amide bonds. The molecule has 0 aliphatic carbocycles. The molecule has 8 nitrogen and oxygen atoms in total. The number of rotatable bonds is 5. The van der Waals surface area contributed by atoms with Crippen LogP contribution in [0.25, 0.3) is 11.4 Å². The van der Waals surface area contributed by atoms with Crippen molar-refractivity contribution in [2.45, 2.75) is 13.5 Å². The molecule has 4 aromatic rings.